The van der Waals surface area contributed by atoms with E-state index in [0.29, 0.717) is 24.3 Å². The molecule has 1 heterocycles. The van der Waals surface area contributed by atoms with Crippen LogP contribution < -0.4 is 10.1 Å². The lowest BCUT2D eigenvalue weighted by atomic mass is 9.97. The summed E-state index contributed by atoms with van der Waals surface area (Å²) in [6.07, 6.45) is 0.641. The highest BCUT2D eigenvalue weighted by molar-refractivity contribution is 7.89. The van der Waals surface area contributed by atoms with Crippen molar-refractivity contribution < 1.29 is 22.9 Å². The summed E-state index contributed by atoms with van der Waals surface area (Å²) < 4.78 is 32.2. The molecular weight excluding hydrogens is 398 g/mol. The largest absolute Gasteiger partial charge is 0.495 e. The zero-order chi connectivity index (χ0) is 21.0. The van der Waals surface area contributed by atoms with Crippen LogP contribution in [0.1, 0.15) is 12.8 Å². The number of sulfonamides is 1. The van der Waals surface area contributed by atoms with Crippen LogP contribution in [0.2, 0.25) is 0 Å². The number of piperidine rings is 1. The average Bonchev–Trinajstić information content (AvgIpc) is 2.74. The third-order valence-corrected chi connectivity index (χ3v) is 6.82. The van der Waals surface area contributed by atoms with E-state index >= 15 is 0 Å². The van der Waals surface area contributed by atoms with E-state index in [-0.39, 0.29) is 29.8 Å². The average molecular weight is 419 g/mol. The number of hydrogen-bond acceptors (Lipinski definition) is 6. The molecule has 1 N–H and O–H groups in total. The van der Waals surface area contributed by atoms with Crippen LogP contribution in [0.3, 0.4) is 0 Å². The number of ether oxygens (including phenoxy) is 1. The zero-order valence-corrected chi connectivity index (χ0v) is 16.6. The van der Waals surface area contributed by atoms with Crippen LogP contribution in [0.25, 0.3) is 0 Å². The minimum Gasteiger partial charge on any atom is -0.495 e. The molecule has 0 unspecified atom stereocenters. The lowest BCUT2D eigenvalue weighted by Crippen LogP contribution is -2.41. The van der Waals surface area contributed by atoms with Crippen LogP contribution in [0.5, 0.6) is 5.75 Å². The first kappa shape index (κ1) is 20.7. The molecule has 9 nitrogen and oxygen atoms in total. The molecule has 2 aromatic rings. The highest BCUT2D eigenvalue weighted by atomic mass is 32.2. The van der Waals surface area contributed by atoms with Gasteiger partial charge in [0.2, 0.25) is 15.9 Å². The summed E-state index contributed by atoms with van der Waals surface area (Å²) >= 11 is 0. The van der Waals surface area contributed by atoms with Crippen molar-refractivity contribution >= 4 is 27.3 Å². The number of nitro benzene ring substituents is 1. The Morgan fingerprint density at radius 1 is 1.14 bits per heavy atom. The van der Waals surface area contributed by atoms with Crippen molar-refractivity contribution in [3.63, 3.8) is 0 Å². The molecule has 0 saturated carbocycles. The second-order valence-corrected chi connectivity index (χ2v) is 8.50. The van der Waals surface area contributed by atoms with Crippen molar-refractivity contribution in [2.45, 2.75) is 17.7 Å². The summed E-state index contributed by atoms with van der Waals surface area (Å²) in [5.74, 6) is -0.0355. The molecule has 29 heavy (non-hydrogen) atoms. The predicted octanol–water partition coefficient (Wildman–Crippen LogP) is 2.64. The van der Waals surface area contributed by atoms with E-state index in [9.17, 15) is 23.3 Å². The van der Waals surface area contributed by atoms with Gasteiger partial charge >= 0.3 is 0 Å². The summed E-state index contributed by atoms with van der Waals surface area (Å²) in [5, 5.41) is 14.0. The quantitative estimate of drug-likeness (QED) is 0.568. The number of carbonyl (C=O) groups excluding carboxylic acids is 1. The summed E-state index contributed by atoms with van der Waals surface area (Å²) in [6.45, 7) is 0.219. The fourth-order valence-electron chi connectivity index (χ4n) is 3.31. The first-order valence-electron chi connectivity index (χ1n) is 9.02. The number of anilines is 1. The lowest BCUT2D eigenvalue weighted by molar-refractivity contribution is -0.387. The van der Waals surface area contributed by atoms with E-state index in [1.54, 1.807) is 24.3 Å². The molecule has 0 spiro atoms. The molecule has 1 amide bonds. The van der Waals surface area contributed by atoms with Gasteiger partial charge in [0.15, 0.2) is 4.90 Å². The smallest absolute Gasteiger partial charge is 0.289 e. The Bertz CT molecular complexity index is 1020. The number of amides is 1. The van der Waals surface area contributed by atoms with Crippen molar-refractivity contribution in [1.82, 2.24) is 4.31 Å². The number of para-hydroxylation sites is 3. The molecule has 1 saturated heterocycles. The Kier molecular flexibility index (Phi) is 6.14. The normalized spacial score (nSPS) is 15.6. The maximum atomic E-state index is 12.9. The molecule has 0 aliphatic carbocycles. The van der Waals surface area contributed by atoms with Gasteiger partial charge in [-0.25, -0.2) is 8.42 Å². The highest BCUT2D eigenvalue weighted by Crippen LogP contribution is 2.30. The number of benzene rings is 2. The van der Waals surface area contributed by atoms with Gasteiger partial charge in [-0.1, -0.05) is 24.3 Å². The van der Waals surface area contributed by atoms with Crippen LogP contribution in [-0.4, -0.2) is 43.8 Å². The van der Waals surface area contributed by atoms with E-state index < -0.39 is 20.6 Å². The predicted molar refractivity (Wildman–Crippen MR) is 106 cm³/mol. The number of nitrogens with one attached hydrogen (secondary N) is 1. The van der Waals surface area contributed by atoms with Crippen LogP contribution in [0.15, 0.2) is 53.4 Å². The van der Waals surface area contributed by atoms with Gasteiger partial charge in [0.05, 0.1) is 17.7 Å². The molecule has 1 aliphatic heterocycles. The van der Waals surface area contributed by atoms with Crippen molar-refractivity contribution in [3.8, 4) is 5.75 Å². The molecule has 10 heteroatoms. The maximum Gasteiger partial charge on any atom is 0.289 e. The minimum absolute atomic E-state index is 0.110. The summed E-state index contributed by atoms with van der Waals surface area (Å²) in [4.78, 5) is 22.7. The van der Waals surface area contributed by atoms with Gasteiger partial charge in [-0.15, -0.1) is 0 Å². The highest BCUT2D eigenvalue weighted by Gasteiger charge is 2.35. The molecule has 0 radical (unpaired) electrons. The second-order valence-electron chi connectivity index (χ2n) is 6.59. The van der Waals surface area contributed by atoms with Crippen molar-refractivity contribution in [2.75, 3.05) is 25.5 Å². The standard InChI is InChI=1S/C19H21N3O6S/c1-28-17-8-4-2-6-15(17)20-19(23)14-10-12-21(13-11-14)29(26,27)18-9-5-3-7-16(18)22(24)25/h2-9,14H,10-13H2,1H3,(H,20,23). The zero-order valence-electron chi connectivity index (χ0n) is 15.8. The van der Waals surface area contributed by atoms with Crippen molar-refractivity contribution in [2.24, 2.45) is 5.92 Å². The SMILES string of the molecule is COc1ccccc1NC(=O)C1CCN(S(=O)(=O)c2ccccc2[N+](=O)[O-])CC1. The number of rotatable bonds is 6. The van der Waals surface area contributed by atoms with E-state index in [2.05, 4.69) is 5.32 Å². The lowest BCUT2D eigenvalue weighted by Gasteiger charge is -2.30. The first-order valence-corrected chi connectivity index (χ1v) is 10.5. The van der Waals surface area contributed by atoms with Gasteiger partial charge < -0.3 is 10.1 Å². The van der Waals surface area contributed by atoms with Gasteiger partial charge in [-0.3, -0.25) is 14.9 Å². The Hall–Kier alpha value is -2.98. The number of nitro groups is 1. The van der Waals surface area contributed by atoms with Gasteiger partial charge in [0.25, 0.3) is 5.69 Å². The van der Waals surface area contributed by atoms with Crippen molar-refractivity contribution in [1.29, 1.82) is 0 Å². The number of nitrogens with zero attached hydrogens (tertiary/aromatic N) is 2. The Balaban J connectivity index is 1.69. The van der Waals surface area contributed by atoms with E-state index in [1.807, 2.05) is 0 Å². The minimum atomic E-state index is -4.02. The topological polar surface area (TPSA) is 119 Å². The Morgan fingerprint density at radius 2 is 1.76 bits per heavy atom. The third-order valence-electron chi connectivity index (χ3n) is 4.87. The van der Waals surface area contributed by atoms with E-state index in [4.69, 9.17) is 4.74 Å². The maximum absolute atomic E-state index is 12.9. The Morgan fingerprint density at radius 3 is 2.41 bits per heavy atom. The fourth-order valence-corrected chi connectivity index (χ4v) is 4.93. The monoisotopic (exact) mass is 419 g/mol. The number of carbonyl (C=O) groups is 1. The van der Waals surface area contributed by atoms with E-state index in [0.717, 1.165) is 0 Å². The van der Waals surface area contributed by atoms with Crippen LogP contribution in [0, 0.1) is 16.0 Å². The Labute approximate surface area is 168 Å². The second kappa shape index (κ2) is 8.58. The molecule has 1 fully saturated rings. The number of hydrogen-bond donors (Lipinski definition) is 1. The molecule has 1 aliphatic rings. The van der Waals surface area contributed by atoms with Gasteiger partial charge in [0, 0.05) is 25.1 Å². The van der Waals surface area contributed by atoms with Crippen LogP contribution in [-0.2, 0) is 14.8 Å². The van der Waals surface area contributed by atoms with Crippen LogP contribution >= 0.6 is 0 Å². The van der Waals surface area contributed by atoms with E-state index in [1.165, 1.54) is 35.7 Å². The van der Waals surface area contributed by atoms with Gasteiger partial charge in [-0.2, -0.15) is 4.31 Å². The first-order chi connectivity index (χ1) is 13.8. The molecule has 0 aromatic heterocycles. The molecule has 0 atom stereocenters. The van der Waals surface area contributed by atoms with Gasteiger partial charge in [-0.05, 0) is 31.0 Å². The molecular formula is C19H21N3O6S. The summed E-state index contributed by atoms with van der Waals surface area (Å²) in [6, 6.07) is 12.3. The number of methoxy groups -OCH3 is 1. The molecule has 154 valence electrons. The molecule has 2 aromatic carbocycles. The third kappa shape index (κ3) is 4.38. The van der Waals surface area contributed by atoms with Gasteiger partial charge in [0.1, 0.15) is 5.75 Å². The fraction of sp³-hybridized carbons (Fsp3) is 0.316. The van der Waals surface area contributed by atoms with Crippen LogP contribution in [0.4, 0.5) is 11.4 Å². The molecule has 3 rings (SSSR count). The summed E-state index contributed by atoms with van der Waals surface area (Å²) in [7, 11) is -2.51. The summed E-state index contributed by atoms with van der Waals surface area (Å²) in [5.41, 5.74) is 0.0958. The van der Waals surface area contributed by atoms with Crippen molar-refractivity contribution in [3.05, 3.63) is 58.6 Å². The molecule has 0 bridgehead atoms.